The molecule has 0 aromatic heterocycles. The number of carbonyl (C=O) groups is 3. The Labute approximate surface area is 485 Å². The molecule has 1 atom stereocenters. The van der Waals surface area contributed by atoms with Crippen molar-refractivity contribution in [1.82, 2.24) is 0 Å². The summed E-state index contributed by atoms with van der Waals surface area (Å²) in [6, 6.07) is 0. The van der Waals surface area contributed by atoms with E-state index in [-0.39, 0.29) is 31.1 Å². The molecule has 6 heteroatoms. The summed E-state index contributed by atoms with van der Waals surface area (Å²) >= 11 is 0. The van der Waals surface area contributed by atoms with Gasteiger partial charge in [-0.2, -0.15) is 0 Å². The molecule has 0 aromatic carbocycles. The van der Waals surface area contributed by atoms with E-state index < -0.39 is 6.10 Å². The Balaban J connectivity index is 4.02. The highest BCUT2D eigenvalue weighted by Crippen LogP contribution is 2.18. The average molecular weight is 1090 g/mol. The van der Waals surface area contributed by atoms with Crippen LogP contribution in [-0.4, -0.2) is 37.2 Å². The minimum Gasteiger partial charge on any atom is -0.462 e. The van der Waals surface area contributed by atoms with Crippen LogP contribution in [-0.2, 0) is 28.6 Å². The molecule has 0 aromatic rings. The monoisotopic (exact) mass is 1090 g/mol. The van der Waals surface area contributed by atoms with Crippen LogP contribution < -0.4 is 0 Å². The minimum atomic E-state index is -0.791. The van der Waals surface area contributed by atoms with Crippen molar-refractivity contribution in [2.45, 2.75) is 367 Å². The van der Waals surface area contributed by atoms with Gasteiger partial charge in [0, 0.05) is 19.3 Å². The summed E-state index contributed by atoms with van der Waals surface area (Å²) in [4.78, 5) is 38.2. The van der Waals surface area contributed by atoms with Crippen molar-refractivity contribution in [3.63, 3.8) is 0 Å². The first-order valence-electron chi connectivity index (χ1n) is 34.3. The van der Waals surface area contributed by atoms with Crippen LogP contribution in [0.2, 0.25) is 0 Å². The van der Waals surface area contributed by atoms with Gasteiger partial charge in [0.25, 0.3) is 0 Å². The fraction of sp³-hybridized carbons (Fsp3) is 0.819. The summed E-state index contributed by atoms with van der Waals surface area (Å²) in [5.41, 5.74) is 0. The minimum absolute atomic E-state index is 0.0858. The zero-order chi connectivity index (χ0) is 56.4. The first-order valence-corrected chi connectivity index (χ1v) is 34.3. The van der Waals surface area contributed by atoms with Gasteiger partial charge in [0.2, 0.25) is 0 Å². The number of unbranched alkanes of at least 4 members (excludes halogenated alkanes) is 42. The number of ether oxygens (including phenoxy) is 3. The lowest BCUT2D eigenvalue weighted by Crippen LogP contribution is -2.30. The van der Waals surface area contributed by atoms with E-state index in [0.717, 1.165) is 89.9 Å². The number of rotatable bonds is 63. The van der Waals surface area contributed by atoms with E-state index in [1.165, 1.54) is 231 Å². The zero-order valence-corrected chi connectivity index (χ0v) is 52.2. The van der Waals surface area contributed by atoms with E-state index in [0.29, 0.717) is 19.3 Å². The van der Waals surface area contributed by atoms with Crippen molar-refractivity contribution in [2.24, 2.45) is 0 Å². The van der Waals surface area contributed by atoms with E-state index in [1.54, 1.807) is 0 Å². The third kappa shape index (κ3) is 63.9. The Hall–Kier alpha value is -2.89. The van der Waals surface area contributed by atoms with Gasteiger partial charge in [-0.25, -0.2) is 0 Å². The molecule has 0 aliphatic rings. The first kappa shape index (κ1) is 75.1. The first-order chi connectivity index (χ1) is 38.5. The maximum Gasteiger partial charge on any atom is 0.306 e. The van der Waals surface area contributed by atoms with Gasteiger partial charge in [0.15, 0.2) is 6.10 Å². The molecule has 0 N–H and O–H groups in total. The molecule has 0 aliphatic carbocycles. The van der Waals surface area contributed by atoms with E-state index in [9.17, 15) is 14.4 Å². The van der Waals surface area contributed by atoms with Crippen LogP contribution in [0.25, 0.3) is 0 Å². The smallest absolute Gasteiger partial charge is 0.306 e. The van der Waals surface area contributed by atoms with Crippen LogP contribution >= 0.6 is 0 Å². The third-order valence-electron chi connectivity index (χ3n) is 15.2. The highest BCUT2D eigenvalue weighted by Gasteiger charge is 2.19. The molecule has 454 valence electrons. The summed E-state index contributed by atoms with van der Waals surface area (Å²) < 4.78 is 16.9. The van der Waals surface area contributed by atoms with E-state index in [4.69, 9.17) is 14.2 Å². The van der Waals surface area contributed by atoms with Crippen molar-refractivity contribution in [1.29, 1.82) is 0 Å². The predicted octanol–water partition coefficient (Wildman–Crippen LogP) is 23.5. The standard InChI is InChI=1S/C72H130O6/c1-4-7-10-13-16-19-22-25-26-27-28-29-30-31-32-33-34-35-36-37-38-39-40-41-42-43-44-45-46-48-50-53-56-59-62-65-71(74)77-68-69(67-76-70(73)64-61-58-55-52-49-24-21-18-15-12-9-6-3)78-72(75)66-63-60-57-54-51-47-23-20-17-14-11-8-5-2/h8,11,17-18,20-21,27-28,47,51,69H,4-7,9-10,12-16,19,22-26,29-46,48-50,52-68H2,1-3H3/b11-8-,20-17-,21-18-,28-27-,51-47-. The third-order valence-corrected chi connectivity index (χ3v) is 15.2. The van der Waals surface area contributed by atoms with Gasteiger partial charge in [0.05, 0.1) is 0 Å². The molecule has 6 nitrogen and oxygen atoms in total. The summed E-state index contributed by atoms with van der Waals surface area (Å²) in [7, 11) is 0. The molecular weight excluding hydrogens is 961 g/mol. The number of hydrogen-bond donors (Lipinski definition) is 0. The Bertz CT molecular complexity index is 1390. The molecule has 78 heavy (non-hydrogen) atoms. The van der Waals surface area contributed by atoms with E-state index >= 15 is 0 Å². The Morgan fingerprint density at radius 3 is 0.833 bits per heavy atom. The lowest BCUT2D eigenvalue weighted by molar-refractivity contribution is -0.167. The molecule has 0 bridgehead atoms. The predicted molar refractivity (Wildman–Crippen MR) is 339 cm³/mol. The molecule has 0 amide bonds. The molecule has 0 saturated heterocycles. The average Bonchev–Trinajstić information content (AvgIpc) is 3.44. The highest BCUT2D eigenvalue weighted by atomic mass is 16.6. The number of hydrogen-bond acceptors (Lipinski definition) is 6. The van der Waals surface area contributed by atoms with E-state index in [2.05, 4.69) is 81.5 Å². The Morgan fingerprint density at radius 2 is 0.500 bits per heavy atom. The van der Waals surface area contributed by atoms with Crippen LogP contribution in [0.4, 0.5) is 0 Å². The number of carbonyl (C=O) groups excluding carboxylic acids is 3. The summed E-state index contributed by atoms with van der Waals surface area (Å²) in [6.45, 7) is 6.51. The van der Waals surface area contributed by atoms with Gasteiger partial charge in [-0.05, 0) is 103 Å². The van der Waals surface area contributed by atoms with Crippen LogP contribution in [0, 0.1) is 0 Å². The van der Waals surface area contributed by atoms with Crippen LogP contribution in [0.5, 0.6) is 0 Å². The second kappa shape index (κ2) is 66.6. The normalized spacial score (nSPS) is 12.4. The van der Waals surface area contributed by atoms with Gasteiger partial charge in [0.1, 0.15) is 13.2 Å². The fourth-order valence-electron chi connectivity index (χ4n) is 10.1. The van der Waals surface area contributed by atoms with Gasteiger partial charge >= 0.3 is 17.9 Å². The summed E-state index contributed by atoms with van der Waals surface area (Å²) in [6.07, 6.45) is 85.7. The van der Waals surface area contributed by atoms with Gasteiger partial charge in [-0.3, -0.25) is 14.4 Å². The van der Waals surface area contributed by atoms with Crippen molar-refractivity contribution >= 4 is 17.9 Å². The largest absolute Gasteiger partial charge is 0.462 e. The number of esters is 3. The molecule has 0 aliphatic heterocycles. The van der Waals surface area contributed by atoms with Crippen molar-refractivity contribution in [3.05, 3.63) is 60.8 Å². The highest BCUT2D eigenvalue weighted by molar-refractivity contribution is 5.71. The van der Waals surface area contributed by atoms with Crippen molar-refractivity contribution in [2.75, 3.05) is 13.2 Å². The van der Waals surface area contributed by atoms with Gasteiger partial charge in [-0.15, -0.1) is 0 Å². The second-order valence-corrected chi connectivity index (χ2v) is 23.1. The second-order valence-electron chi connectivity index (χ2n) is 23.1. The molecule has 0 heterocycles. The lowest BCUT2D eigenvalue weighted by atomic mass is 10.0. The van der Waals surface area contributed by atoms with Gasteiger partial charge < -0.3 is 14.2 Å². The molecule has 0 rings (SSSR count). The fourth-order valence-corrected chi connectivity index (χ4v) is 10.1. The van der Waals surface area contributed by atoms with Crippen LogP contribution in [0.3, 0.4) is 0 Å². The molecule has 1 unspecified atom stereocenters. The molecule has 0 fully saturated rings. The molecule has 0 radical (unpaired) electrons. The quantitative estimate of drug-likeness (QED) is 0.0261. The van der Waals surface area contributed by atoms with Crippen LogP contribution in [0.1, 0.15) is 361 Å². The summed E-state index contributed by atoms with van der Waals surface area (Å²) in [5, 5.41) is 0. The van der Waals surface area contributed by atoms with Gasteiger partial charge in [-0.1, -0.05) is 300 Å². The zero-order valence-electron chi connectivity index (χ0n) is 52.2. The van der Waals surface area contributed by atoms with Crippen molar-refractivity contribution < 1.29 is 28.6 Å². The Morgan fingerprint density at radius 1 is 0.269 bits per heavy atom. The summed E-state index contributed by atoms with van der Waals surface area (Å²) in [5.74, 6) is -0.910. The SMILES string of the molecule is CC/C=C\C/C=C\C/C=C\CCCCCC(=O)OC(COC(=O)CCCCCCC/C=C\CCCCC)COC(=O)CCCCCCCCCCCCCCCCCCCCCCCCC/C=C\CCCCCCCCCC. The van der Waals surface area contributed by atoms with Crippen molar-refractivity contribution in [3.8, 4) is 0 Å². The molecular formula is C72H130O6. The maximum atomic E-state index is 12.8. The maximum absolute atomic E-state index is 12.8. The van der Waals surface area contributed by atoms with E-state index in [1.807, 2.05) is 0 Å². The topological polar surface area (TPSA) is 78.9 Å². The lowest BCUT2D eigenvalue weighted by Gasteiger charge is -2.18. The number of allylic oxidation sites excluding steroid dienone is 10. The van der Waals surface area contributed by atoms with Crippen LogP contribution in [0.15, 0.2) is 60.8 Å². The molecule has 0 spiro atoms. The Kier molecular flexibility index (Phi) is 64.2. The molecule has 0 saturated carbocycles.